The molecule has 0 spiro atoms. The Morgan fingerprint density at radius 2 is 1.68 bits per heavy atom. The molecule has 1 aliphatic rings. The summed E-state index contributed by atoms with van der Waals surface area (Å²) in [5.74, 6) is 0. The number of ether oxygens (including phenoxy) is 1. The molecule has 4 rings (SSSR count). The van der Waals surface area contributed by atoms with Crippen LogP contribution >= 0.6 is 0 Å². The SMILES string of the molecule is COCCCn1ccc2nc3ccn(C4CCCCCC4)c(=O)c3cc2c1=O. The van der Waals surface area contributed by atoms with Crippen molar-refractivity contribution in [2.45, 2.75) is 57.5 Å². The lowest BCUT2D eigenvalue weighted by Gasteiger charge is -2.18. The van der Waals surface area contributed by atoms with Crippen LogP contribution in [-0.2, 0) is 11.3 Å². The average Bonchev–Trinajstić information content (AvgIpc) is 2.99. The Balaban J connectivity index is 1.80. The third kappa shape index (κ3) is 3.61. The highest BCUT2D eigenvalue weighted by molar-refractivity contribution is 5.91. The van der Waals surface area contributed by atoms with E-state index in [-0.39, 0.29) is 17.2 Å². The van der Waals surface area contributed by atoms with Gasteiger partial charge < -0.3 is 13.9 Å². The normalized spacial score (nSPS) is 15.9. The molecule has 0 unspecified atom stereocenters. The Bertz CT molecular complexity index is 1090. The van der Waals surface area contributed by atoms with Crippen LogP contribution in [0.25, 0.3) is 21.8 Å². The van der Waals surface area contributed by atoms with E-state index in [1.54, 1.807) is 23.9 Å². The van der Waals surface area contributed by atoms with Gasteiger partial charge in [-0.1, -0.05) is 25.7 Å². The van der Waals surface area contributed by atoms with Crippen molar-refractivity contribution in [2.24, 2.45) is 0 Å². The zero-order valence-electron chi connectivity index (χ0n) is 16.4. The first-order valence-corrected chi connectivity index (χ1v) is 10.2. The molecule has 6 nitrogen and oxygen atoms in total. The minimum Gasteiger partial charge on any atom is -0.385 e. The van der Waals surface area contributed by atoms with Gasteiger partial charge in [0.1, 0.15) is 0 Å². The van der Waals surface area contributed by atoms with Crippen molar-refractivity contribution < 1.29 is 4.74 Å². The fourth-order valence-electron chi connectivity index (χ4n) is 4.26. The predicted octanol–water partition coefficient (Wildman–Crippen LogP) is 3.64. The van der Waals surface area contributed by atoms with Crippen LogP contribution in [0, 0.1) is 0 Å². The largest absolute Gasteiger partial charge is 0.385 e. The zero-order chi connectivity index (χ0) is 19.5. The van der Waals surface area contributed by atoms with Crippen molar-refractivity contribution in [1.29, 1.82) is 0 Å². The van der Waals surface area contributed by atoms with E-state index >= 15 is 0 Å². The molecule has 0 bridgehead atoms. The number of nitrogens with zero attached hydrogens (tertiary/aromatic N) is 3. The first-order valence-electron chi connectivity index (χ1n) is 10.2. The number of pyridine rings is 3. The van der Waals surface area contributed by atoms with Crippen LogP contribution in [-0.4, -0.2) is 27.8 Å². The lowest BCUT2D eigenvalue weighted by Crippen LogP contribution is -2.25. The summed E-state index contributed by atoms with van der Waals surface area (Å²) in [6.07, 6.45) is 11.3. The van der Waals surface area contributed by atoms with Gasteiger partial charge in [-0.05, 0) is 37.5 Å². The van der Waals surface area contributed by atoms with Crippen LogP contribution in [0.1, 0.15) is 51.0 Å². The summed E-state index contributed by atoms with van der Waals surface area (Å²) in [7, 11) is 1.65. The van der Waals surface area contributed by atoms with Gasteiger partial charge in [-0.25, -0.2) is 4.98 Å². The van der Waals surface area contributed by atoms with Crippen LogP contribution in [0.5, 0.6) is 0 Å². The zero-order valence-corrected chi connectivity index (χ0v) is 16.4. The molecule has 3 aromatic rings. The summed E-state index contributed by atoms with van der Waals surface area (Å²) < 4.78 is 8.60. The van der Waals surface area contributed by atoms with Crippen LogP contribution in [0.2, 0.25) is 0 Å². The summed E-state index contributed by atoms with van der Waals surface area (Å²) in [6.45, 7) is 1.19. The standard InChI is InChI=1S/C22H27N3O3/c1-28-14-6-11-24-12-9-19-17(21(24)26)15-18-20(23-19)10-13-25(22(18)27)16-7-4-2-3-5-8-16/h9-10,12-13,15-16H,2-8,11,14H2,1H3. The molecule has 0 amide bonds. The van der Waals surface area contributed by atoms with Crippen molar-refractivity contribution in [3.8, 4) is 0 Å². The molecule has 0 atom stereocenters. The average molecular weight is 381 g/mol. The van der Waals surface area contributed by atoms with E-state index in [1.807, 2.05) is 22.9 Å². The second-order valence-electron chi connectivity index (χ2n) is 7.69. The Morgan fingerprint density at radius 3 is 2.39 bits per heavy atom. The predicted molar refractivity (Wildman–Crippen MR) is 111 cm³/mol. The minimum absolute atomic E-state index is 0.0343. The molecule has 1 fully saturated rings. The fourth-order valence-corrected chi connectivity index (χ4v) is 4.26. The first kappa shape index (κ1) is 18.9. The van der Waals surface area contributed by atoms with E-state index < -0.39 is 0 Å². The smallest absolute Gasteiger partial charge is 0.260 e. The minimum atomic E-state index is -0.104. The molecule has 3 aromatic heterocycles. The van der Waals surface area contributed by atoms with Gasteiger partial charge in [0.2, 0.25) is 0 Å². The highest BCUT2D eigenvalue weighted by Crippen LogP contribution is 2.26. The molecule has 0 aromatic carbocycles. The van der Waals surface area contributed by atoms with Gasteiger partial charge in [0.15, 0.2) is 0 Å². The first-order chi connectivity index (χ1) is 13.7. The van der Waals surface area contributed by atoms with Crippen LogP contribution < -0.4 is 11.1 Å². The van der Waals surface area contributed by atoms with Gasteiger partial charge >= 0.3 is 0 Å². The highest BCUT2D eigenvalue weighted by atomic mass is 16.5. The van der Waals surface area contributed by atoms with Gasteiger partial charge in [0.25, 0.3) is 11.1 Å². The number of hydrogen-bond acceptors (Lipinski definition) is 4. The molecule has 1 aliphatic carbocycles. The molecule has 148 valence electrons. The maximum Gasteiger partial charge on any atom is 0.260 e. The molecule has 0 radical (unpaired) electrons. The fraction of sp³-hybridized carbons (Fsp3) is 0.500. The molecule has 6 heteroatoms. The lowest BCUT2D eigenvalue weighted by molar-refractivity contribution is 0.190. The van der Waals surface area contributed by atoms with Gasteiger partial charge in [-0.15, -0.1) is 0 Å². The maximum atomic E-state index is 13.2. The molecule has 28 heavy (non-hydrogen) atoms. The summed E-state index contributed by atoms with van der Waals surface area (Å²) in [5.41, 5.74) is 1.14. The lowest BCUT2D eigenvalue weighted by atomic mass is 10.1. The van der Waals surface area contributed by atoms with E-state index in [0.29, 0.717) is 35.0 Å². The molecule has 0 N–H and O–H groups in total. The highest BCUT2D eigenvalue weighted by Gasteiger charge is 2.17. The number of hydrogen-bond donors (Lipinski definition) is 0. The molecule has 0 aliphatic heterocycles. The Morgan fingerprint density at radius 1 is 1.00 bits per heavy atom. The maximum absolute atomic E-state index is 13.2. The summed E-state index contributed by atoms with van der Waals surface area (Å²) in [5, 5.41) is 1.04. The van der Waals surface area contributed by atoms with Crippen molar-refractivity contribution in [3.63, 3.8) is 0 Å². The van der Waals surface area contributed by atoms with Crippen molar-refractivity contribution in [2.75, 3.05) is 13.7 Å². The molecular weight excluding hydrogens is 354 g/mol. The Kier molecular flexibility index (Phi) is 5.57. The van der Waals surface area contributed by atoms with Gasteiger partial charge in [-0.2, -0.15) is 0 Å². The van der Waals surface area contributed by atoms with Gasteiger partial charge in [0, 0.05) is 38.7 Å². The Hall–Kier alpha value is -2.47. The number of fused-ring (bicyclic) bond motifs is 2. The van der Waals surface area contributed by atoms with Gasteiger partial charge in [-0.3, -0.25) is 9.59 Å². The number of rotatable bonds is 5. The second-order valence-corrected chi connectivity index (χ2v) is 7.69. The second kappa shape index (κ2) is 8.27. The summed E-state index contributed by atoms with van der Waals surface area (Å²) in [4.78, 5) is 30.7. The van der Waals surface area contributed by atoms with E-state index in [9.17, 15) is 9.59 Å². The molecular formula is C22H27N3O3. The van der Waals surface area contributed by atoms with Crippen molar-refractivity contribution >= 4 is 21.8 Å². The van der Waals surface area contributed by atoms with Gasteiger partial charge in [0.05, 0.1) is 21.8 Å². The number of aromatic nitrogens is 3. The van der Waals surface area contributed by atoms with Crippen LogP contribution in [0.4, 0.5) is 0 Å². The summed E-state index contributed by atoms with van der Waals surface area (Å²) >= 11 is 0. The van der Waals surface area contributed by atoms with E-state index in [2.05, 4.69) is 4.98 Å². The monoisotopic (exact) mass is 381 g/mol. The third-order valence-electron chi connectivity index (χ3n) is 5.81. The molecule has 3 heterocycles. The van der Waals surface area contributed by atoms with E-state index in [1.165, 1.54) is 12.8 Å². The number of methoxy groups -OCH3 is 1. The van der Waals surface area contributed by atoms with Crippen molar-refractivity contribution in [1.82, 2.24) is 14.1 Å². The van der Waals surface area contributed by atoms with E-state index in [0.717, 1.165) is 32.1 Å². The van der Waals surface area contributed by atoms with Crippen LogP contribution in [0.3, 0.4) is 0 Å². The summed E-state index contributed by atoms with van der Waals surface area (Å²) in [6, 6.07) is 5.74. The Labute approximate surface area is 163 Å². The van der Waals surface area contributed by atoms with E-state index in [4.69, 9.17) is 4.74 Å². The number of aryl methyl sites for hydroxylation is 1. The molecule has 0 saturated heterocycles. The third-order valence-corrected chi connectivity index (χ3v) is 5.81. The topological polar surface area (TPSA) is 66.1 Å². The quantitative estimate of drug-likeness (QED) is 0.384. The molecule has 1 saturated carbocycles. The van der Waals surface area contributed by atoms with Crippen LogP contribution in [0.15, 0.2) is 40.2 Å². The van der Waals surface area contributed by atoms with Crippen molar-refractivity contribution in [3.05, 3.63) is 51.3 Å².